The first-order chi connectivity index (χ1) is 9.63. The van der Waals surface area contributed by atoms with Crippen LogP contribution in [0.2, 0.25) is 10.0 Å². The third-order valence-electron chi connectivity index (χ3n) is 3.28. The molecule has 106 valence electrons. The van der Waals surface area contributed by atoms with Crippen LogP contribution >= 0.6 is 23.2 Å². The molecule has 0 bridgehead atoms. The first kappa shape index (κ1) is 15.2. The summed E-state index contributed by atoms with van der Waals surface area (Å²) in [5.74, 6) is 0.764. The quantitative estimate of drug-likeness (QED) is 0.877. The van der Waals surface area contributed by atoms with Gasteiger partial charge in [0, 0.05) is 16.1 Å². The van der Waals surface area contributed by atoms with Gasteiger partial charge < -0.3 is 10.1 Å². The maximum absolute atomic E-state index is 6.33. The molecule has 1 atom stereocenters. The number of methoxy groups -OCH3 is 1. The molecule has 0 aliphatic rings. The zero-order chi connectivity index (χ0) is 14.5. The van der Waals surface area contributed by atoms with Gasteiger partial charge in [0.15, 0.2) is 0 Å². The van der Waals surface area contributed by atoms with Crippen molar-refractivity contribution in [1.29, 1.82) is 0 Å². The number of nitrogens with one attached hydrogen (secondary N) is 1. The molecule has 0 spiro atoms. The summed E-state index contributed by atoms with van der Waals surface area (Å²) in [6.07, 6.45) is 0.847. The molecule has 0 radical (unpaired) electrons. The first-order valence-corrected chi connectivity index (χ1v) is 7.14. The molecule has 4 heteroatoms. The Morgan fingerprint density at radius 3 is 2.35 bits per heavy atom. The molecule has 0 aromatic heterocycles. The fourth-order valence-electron chi connectivity index (χ4n) is 2.14. The number of hydrogen-bond donors (Lipinski definition) is 1. The molecule has 1 N–H and O–H groups in total. The minimum absolute atomic E-state index is 0.148. The molecule has 0 aliphatic carbocycles. The smallest absolute Gasteiger partial charge is 0.120 e. The third-order valence-corrected chi connectivity index (χ3v) is 3.86. The van der Waals surface area contributed by atoms with E-state index in [1.165, 1.54) is 5.56 Å². The standard InChI is InChI=1S/C16H17Cl2NO/c1-19-16(9-11-3-5-12(17)6-4-11)14-8-7-13(20-2)10-15(14)18/h3-8,10,16,19H,9H2,1-2H3. The average Bonchev–Trinajstić information content (AvgIpc) is 2.47. The molecule has 2 rings (SSSR count). The fraction of sp³-hybridized carbons (Fsp3) is 0.250. The van der Waals surface area contributed by atoms with Crippen LogP contribution in [0.15, 0.2) is 42.5 Å². The van der Waals surface area contributed by atoms with E-state index in [1.54, 1.807) is 7.11 Å². The van der Waals surface area contributed by atoms with Gasteiger partial charge in [-0.1, -0.05) is 41.4 Å². The van der Waals surface area contributed by atoms with Crippen LogP contribution in [-0.2, 0) is 6.42 Å². The maximum atomic E-state index is 6.33. The molecule has 0 fully saturated rings. The number of hydrogen-bond acceptors (Lipinski definition) is 2. The molecule has 20 heavy (non-hydrogen) atoms. The van der Waals surface area contributed by atoms with Crippen molar-refractivity contribution in [2.24, 2.45) is 0 Å². The van der Waals surface area contributed by atoms with Crippen molar-refractivity contribution in [2.75, 3.05) is 14.2 Å². The van der Waals surface area contributed by atoms with Gasteiger partial charge in [0.1, 0.15) is 5.75 Å². The monoisotopic (exact) mass is 309 g/mol. The van der Waals surface area contributed by atoms with Crippen molar-refractivity contribution >= 4 is 23.2 Å². The Morgan fingerprint density at radius 1 is 1.10 bits per heavy atom. The third kappa shape index (κ3) is 3.66. The fourth-order valence-corrected chi connectivity index (χ4v) is 2.57. The van der Waals surface area contributed by atoms with Gasteiger partial charge >= 0.3 is 0 Å². The Balaban J connectivity index is 2.21. The summed E-state index contributed by atoms with van der Waals surface area (Å²) in [7, 11) is 3.57. The maximum Gasteiger partial charge on any atom is 0.120 e. The van der Waals surface area contributed by atoms with Crippen LogP contribution in [0.5, 0.6) is 5.75 Å². The van der Waals surface area contributed by atoms with Crippen LogP contribution in [0.3, 0.4) is 0 Å². The van der Waals surface area contributed by atoms with E-state index in [0.29, 0.717) is 5.02 Å². The van der Waals surface area contributed by atoms with E-state index in [2.05, 4.69) is 5.32 Å². The molecule has 2 nitrogen and oxygen atoms in total. The zero-order valence-corrected chi connectivity index (χ0v) is 13.0. The van der Waals surface area contributed by atoms with Crippen molar-refractivity contribution in [1.82, 2.24) is 5.32 Å². The number of halogens is 2. The molecule has 0 heterocycles. The summed E-state index contributed by atoms with van der Waals surface area (Å²) in [6, 6.07) is 13.8. The van der Waals surface area contributed by atoms with E-state index in [0.717, 1.165) is 22.8 Å². The molecular formula is C16H17Cl2NO. The van der Waals surface area contributed by atoms with Gasteiger partial charge in [-0.25, -0.2) is 0 Å². The van der Waals surface area contributed by atoms with E-state index in [4.69, 9.17) is 27.9 Å². The van der Waals surface area contributed by atoms with Gasteiger partial charge in [0.2, 0.25) is 0 Å². The van der Waals surface area contributed by atoms with Crippen LogP contribution in [0, 0.1) is 0 Å². The minimum Gasteiger partial charge on any atom is -0.497 e. The Hall–Kier alpha value is -1.22. The van der Waals surface area contributed by atoms with E-state index in [9.17, 15) is 0 Å². The average molecular weight is 310 g/mol. The summed E-state index contributed by atoms with van der Waals surface area (Å²) in [5.41, 5.74) is 2.27. The predicted octanol–water partition coefficient (Wildman–Crippen LogP) is 4.51. The van der Waals surface area contributed by atoms with Crippen LogP contribution in [-0.4, -0.2) is 14.2 Å². The minimum atomic E-state index is 0.148. The molecule has 0 saturated heterocycles. The summed E-state index contributed by atoms with van der Waals surface area (Å²) >= 11 is 12.2. The van der Waals surface area contributed by atoms with E-state index in [1.807, 2.05) is 49.5 Å². The predicted molar refractivity (Wildman–Crippen MR) is 85.0 cm³/mol. The Morgan fingerprint density at radius 2 is 1.80 bits per heavy atom. The largest absolute Gasteiger partial charge is 0.497 e. The normalized spacial score (nSPS) is 12.2. The highest BCUT2D eigenvalue weighted by Crippen LogP contribution is 2.29. The van der Waals surface area contributed by atoms with E-state index >= 15 is 0 Å². The lowest BCUT2D eigenvalue weighted by Crippen LogP contribution is -2.19. The second-order valence-electron chi connectivity index (χ2n) is 4.56. The van der Waals surface area contributed by atoms with E-state index < -0.39 is 0 Å². The number of benzene rings is 2. The molecule has 2 aromatic rings. The molecule has 2 aromatic carbocycles. The van der Waals surface area contributed by atoms with Gasteiger partial charge in [-0.3, -0.25) is 0 Å². The topological polar surface area (TPSA) is 21.3 Å². The Labute approximate surface area is 129 Å². The first-order valence-electron chi connectivity index (χ1n) is 6.39. The summed E-state index contributed by atoms with van der Waals surface area (Å²) in [5, 5.41) is 4.76. The lowest BCUT2D eigenvalue weighted by atomic mass is 9.99. The number of likely N-dealkylation sites (N-methyl/N-ethyl adjacent to an activating group) is 1. The van der Waals surface area contributed by atoms with Gasteiger partial charge in [0.25, 0.3) is 0 Å². The molecular weight excluding hydrogens is 293 g/mol. The molecule has 1 unspecified atom stereocenters. The van der Waals surface area contributed by atoms with Crippen LogP contribution < -0.4 is 10.1 Å². The van der Waals surface area contributed by atoms with Gasteiger partial charge in [0.05, 0.1) is 7.11 Å². The van der Waals surface area contributed by atoms with Crippen molar-refractivity contribution in [2.45, 2.75) is 12.5 Å². The molecule has 0 saturated carbocycles. The van der Waals surface area contributed by atoms with Crippen molar-refractivity contribution in [3.8, 4) is 5.75 Å². The summed E-state index contributed by atoms with van der Waals surface area (Å²) in [6.45, 7) is 0. The lowest BCUT2D eigenvalue weighted by molar-refractivity contribution is 0.414. The zero-order valence-electron chi connectivity index (χ0n) is 11.5. The van der Waals surface area contributed by atoms with Gasteiger partial charge in [-0.15, -0.1) is 0 Å². The van der Waals surface area contributed by atoms with Crippen molar-refractivity contribution < 1.29 is 4.74 Å². The Bertz CT molecular complexity index is 569. The Kier molecular flexibility index (Phi) is 5.30. The molecule has 0 amide bonds. The number of rotatable bonds is 5. The second kappa shape index (κ2) is 6.98. The van der Waals surface area contributed by atoms with Crippen LogP contribution in [0.1, 0.15) is 17.2 Å². The van der Waals surface area contributed by atoms with Crippen LogP contribution in [0.4, 0.5) is 0 Å². The summed E-state index contributed by atoms with van der Waals surface area (Å²) < 4.78 is 5.18. The van der Waals surface area contributed by atoms with Crippen molar-refractivity contribution in [3.63, 3.8) is 0 Å². The SMILES string of the molecule is CNC(Cc1ccc(Cl)cc1)c1ccc(OC)cc1Cl. The second-order valence-corrected chi connectivity index (χ2v) is 5.40. The van der Waals surface area contributed by atoms with Gasteiger partial charge in [-0.2, -0.15) is 0 Å². The highest BCUT2D eigenvalue weighted by Gasteiger charge is 2.14. The van der Waals surface area contributed by atoms with Crippen LogP contribution in [0.25, 0.3) is 0 Å². The highest BCUT2D eigenvalue weighted by atomic mass is 35.5. The number of ether oxygens (including phenoxy) is 1. The molecule has 0 aliphatic heterocycles. The lowest BCUT2D eigenvalue weighted by Gasteiger charge is -2.18. The summed E-state index contributed by atoms with van der Waals surface area (Å²) in [4.78, 5) is 0. The van der Waals surface area contributed by atoms with Crippen molar-refractivity contribution in [3.05, 3.63) is 63.6 Å². The van der Waals surface area contributed by atoms with E-state index in [-0.39, 0.29) is 6.04 Å². The highest BCUT2D eigenvalue weighted by molar-refractivity contribution is 6.31. The van der Waals surface area contributed by atoms with Gasteiger partial charge in [-0.05, 0) is 48.9 Å².